The van der Waals surface area contributed by atoms with Gasteiger partial charge in [-0.3, -0.25) is 0 Å². The molecule has 0 aliphatic heterocycles. The van der Waals surface area contributed by atoms with Gasteiger partial charge in [0.2, 0.25) is 0 Å². The summed E-state index contributed by atoms with van der Waals surface area (Å²) in [6.45, 7) is 10.1. The van der Waals surface area contributed by atoms with Crippen molar-refractivity contribution in [1.82, 2.24) is 4.98 Å². The maximum Gasteiger partial charge on any atom is 0.0701 e. The van der Waals surface area contributed by atoms with E-state index < -0.39 is 0 Å². The minimum atomic E-state index is 0.717. The van der Waals surface area contributed by atoms with Crippen molar-refractivity contribution in [2.75, 3.05) is 11.1 Å². The molecule has 1 heterocycles. The maximum atomic E-state index is 6.25. The lowest BCUT2D eigenvalue weighted by Gasteiger charge is -2.11. The Morgan fingerprint density at radius 2 is 1.92 bits per heavy atom. The molecule has 0 unspecified atom stereocenters. The summed E-state index contributed by atoms with van der Waals surface area (Å²) in [5.41, 5.74) is 9.40. The number of hydrogen-bond donors (Lipinski definition) is 3. The predicted molar refractivity (Wildman–Crippen MR) is 120 cm³/mol. The molecule has 1 aromatic heterocycles. The van der Waals surface area contributed by atoms with E-state index in [4.69, 9.17) is 17.3 Å². The van der Waals surface area contributed by atoms with Crippen LogP contribution in [-0.2, 0) is 0 Å². The number of benzene rings is 2. The van der Waals surface area contributed by atoms with Crippen LogP contribution in [0.5, 0.6) is 0 Å². The zero-order valence-electron chi connectivity index (χ0n) is 15.3. The van der Waals surface area contributed by atoms with E-state index in [-0.39, 0.29) is 0 Å². The standard InChI is InChI=1S/C19H18ClN3S.C2H6/c1-3-18(17-10-13-6-4-9-16(20)19(13)23-17)24-12(2)22-15-8-5-7-14(21)11-15;1-2/h3-11,22-23H,2,21H2,1H3;1-2H3/b18-3-;. The number of aromatic nitrogens is 1. The minimum absolute atomic E-state index is 0.717. The Kier molecular flexibility index (Phi) is 7.25. The third-order valence-corrected chi connectivity index (χ3v) is 4.88. The van der Waals surface area contributed by atoms with Crippen molar-refractivity contribution in [1.29, 1.82) is 0 Å². The normalized spacial score (nSPS) is 11.0. The Balaban J connectivity index is 0.00000117. The molecule has 5 heteroatoms. The van der Waals surface area contributed by atoms with Gasteiger partial charge in [-0.1, -0.05) is 68.1 Å². The van der Waals surface area contributed by atoms with Crippen molar-refractivity contribution in [3.8, 4) is 0 Å². The molecule has 3 nitrogen and oxygen atoms in total. The average molecular weight is 386 g/mol. The molecule has 0 bridgehead atoms. The lowest BCUT2D eigenvalue weighted by atomic mass is 10.2. The van der Waals surface area contributed by atoms with E-state index in [1.54, 1.807) is 11.8 Å². The summed E-state index contributed by atoms with van der Waals surface area (Å²) in [6.07, 6.45) is 2.05. The Bertz CT molecular complexity index is 928. The fourth-order valence-corrected chi connectivity index (χ4v) is 3.46. The average Bonchev–Trinajstić information content (AvgIpc) is 3.07. The van der Waals surface area contributed by atoms with Gasteiger partial charge in [-0.05, 0) is 37.3 Å². The third-order valence-electron chi connectivity index (χ3n) is 3.54. The van der Waals surface area contributed by atoms with Crippen molar-refractivity contribution in [3.05, 3.63) is 76.9 Å². The zero-order chi connectivity index (χ0) is 19.1. The van der Waals surface area contributed by atoms with Gasteiger partial charge in [0, 0.05) is 21.7 Å². The quantitative estimate of drug-likeness (QED) is 0.410. The molecule has 0 aliphatic carbocycles. The van der Waals surface area contributed by atoms with Crippen LogP contribution in [0.4, 0.5) is 11.4 Å². The molecule has 0 radical (unpaired) electrons. The van der Waals surface area contributed by atoms with E-state index in [1.165, 1.54) is 0 Å². The molecule has 3 aromatic rings. The molecule has 0 saturated carbocycles. The molecular weight excluding hydrogens is 362 g/mol. The number of anilines is 2. The number of rotatable bonds is 5. The molecule has 4 N–H and O–H groups in total. The number of nitrogens with one attached hydrogen (secondary N) is 2. The lowest BCUT2D eigenvalue weighted by Crippen LogP contribution is -1.96. The molecule has 3 rings (SSSR count). The summed E-state index contributed by atoms with van der Waals surface area (Å²) in [5, 5.41) is 5.90. The van der Waals surface area contributed by atoms with Crippen LogP contribution in [0.15, 0.2) is 66.2 Å². The van der Waals surface area contributed by atoms with Crippen LogP contribution in [0.2, 0.25) is 5.02 Å². The number of allylic oxidation sites excluding steroid dienone is 1. The first-order chi connectivity index (χ1) is 12.6. The fourth-order valence-electron chi connectivity index (χ4n) is 2.46. The molecule has 0 saturated heterocycles. The second kappa shape index (κ2) is 9.41. The van der Waals surface area contributed by atoms with Gasteiger partial charge in [0.05, 0.1) is 21.3 Å². The molecule has 2 aromatic carbocycles. The molecule has 136 valence electrons. The summed E-state index contributed by atoms with van der Waals surface area (Å²) >= 11 is 7.81. The molecule has 0 amide bonds. The van der Waals surface area contributed by atoms with Crippen LogP contribution in [0.1, 0.15) is 26.5 Å². The van der Waals surface area contributed by atoms with Gasteiger partial charge in [0.1, 0.15) is 0 Å². The second-order valence-corrected chi connectivity index (χ2v) is 6.86. The highest BCUT2D eigenvalue weighted by molar-refractivity contribution is 8.11. The van der Waals surface area contributed by atoms with Crippen molar-refractivity contribution >= 4 is 50.5 Å². The SMILES string of the molecule is C=C(Nc1cccc(N)c1)S/C(=C\C)c1cc2cccc(Cl)c2[nH]1.CC. The largest absolute Gasteiger partial charge is 0.399 e. The van der Waals surface area contributed by atoms with E-state index in [0.29, 0.717) is 5.69 Å². The monoisotopic (exact) mass is 385 g/mol. The summed E-state index contributed by atoms with van der Waals surface area (Å²) in [6, 6.07) is 15.6. The van der Waals surface area contributed by atoms with Crippen LogP contribution >= 0.6 is 23.4 Å². The highest BCUT2D eigenvalue weighted by Crippen LogP contribution is 2.35. The van der Waals surface area contributed by atoms with Crippen LogP contribution in [0.3, 0.4) is 0 Å². The van der Waals surface area contributed by atoms with Gasteiger partial charge in [-0.25, -0.2) is 0 Å². The van der Waals surface area contributed by atoms with Crippen molar-refractivity contribution in [3.63, 3.8) is 0 Å². The maximum absolute atomic E-state index is 6.25. The third kappa shape index (κ3) is 4.87. The van der Waals surface area contributed by atoms with Crippen LogP contribution < -0.4 is 11.1 Å². The highest BCUT2D eigenvalue weighted by atomic mass is 35.5. The van der Waals surface area contributed by atoms with E-state index in [0.717, 1.165) is 37.2 Å². The molecule has 0 fully saturated rings. The molecule has 0 spiro atoms. The summed E-state index contributed by atoms with van der Waals surface area (Å²) in [5.74, 6) is 0. The Morgan fingerprint density at radius 1 is 1.19 bits per heavy atom. The van der Waals surface area contributed by atoms with Gasteiger partial charge in [0.25, 0.3) is 0 Å². The number of nitrogen functional groups attached to an aromatic ring is 1. The van der Waals surface area contributed by atoms with Crippen molar-refractivity contribution in [2.45, 2.75) is 20.8 Å². The van der Waals surface area contributed by atoms with Gasteiger partial charge in [0.15, 0.2) is 0 Å². The van der Waals surface area contributed by atoms with E-state index in [9.17, 15) is 0 Å². The number of thioether (sulfide) groups is 1. The molecule has 0 aliphatic rings. The number of H-pyrrole nitrogens is 1. The Hall–Kier alpha value is -2.30. The van der Waals surface area contributed by atoms with Crippen LogP contribution in [-0.4, -0.2) is 4.98 Å². The Morgan fingerprint density at radius 3 is 2.58 bits per heavy atom. The fraction of sp³-hybridized carbons (Fsp3) is 0.143. The number of nitrogens with two attached hydrogens (primary N) is 1. The first-order valence-corrected chi connectivity index (χ1v) is 9.69. The topological polar surface area (TPSA) is 53.8 Å². The van der Waals surface area contributed by atoms with Gasteiger partial charge >= 0.3 is 0 Å². The summed E-state index contributed by atoms with van der Waals surface area (Å²) in [7, 11) is 0. The first-order valence-electron chi connectivity index (χ1n) is 8.50. The molecule has 0 atom stereocenters. The van der Waals surface area contributed by atoms with E-state index in [1.807, 2.05) is 63.2 Å². The van der Waals surface area contributed by atoms with Crippen LogP contribution in [0.25, 0.3) is 15.8 Å². The zero-order valence-corrected chi connectivity index (χ0v) is 16.8. The van der Waals surface area contributed by atoms with Gasteiger partial charge in [-0.15, -0.1) is 0 Å². The number of halogens is 1. The van der Waals surface area contributed by atoms with Crippen molar-refractivity contribution < 1.29 is 0 Å². The predicted octanol–water partition coefficient (Wildman–Crippen LogP) is 7.11. The number of hydrogen-bond acceptors (Lipinski definition) is 3. The minimum Gasteiger partial charge on any atom is -0.399 e. The summed E-state index contributed by atoms with van der Waals surface area (Å²) in [4.78, 5) is 4.46. The van der Waals surface area contributed by atoms with E-state index in [2.05, 4.69) is 29.0 Å². The molecular formula is C21H24ClN3S. The smallest absolute Gasteiger partial charge is 0.0701 e. The van der Waals surface area contributed by atoms with Crippen molar-refractivity contribution in [2.24, 2.45) is 0 Å². The number of fused-ring (bicyclic) bond motifs is 1. The van der Waals surface area contributed by atoms with Gasteiger partial charge < -0.3 is 16.0 Å². The van der Waals surface area contributed by atoms with Gasteiger partial charge in [-0.2, -0.15) is 0 Å². The summed E-state index contributed by atoms with van der Waals surface area (Å²) < 4.78 is 0. The Labute approximate surface area is 164 Å². The van der Waals surface area contributed by atoms with Crippen LogP contribution in [0, 0.1) is 0 Å². The second-order valence-electron chi connectivity index (χ2n) is 5.32. The lowest BCUT2D eigenvalue weighted by molar-refractivity contribution is 1.42. The number of para-hydroxylation sites is 1. The van der Waals surface area contributed by atoms with E-state index >= 15 is 0 Å². The number of aromatic amines is 1. The molecule has 26 heavy (non-hydrogen) atoms. The first kappa shape index (κ1) is 20.0. The highest BCUT2D eigenvalue weighted by Gasteiger charge is 2.10.